The summed E-state index contributed by atoms with van der Waals surface area (Å²) in [6.07, 6.45) is 0. The van der Waals surface area contributed by atoms with Gasteiger partial charge in [0.15, 0.2) is 0 Å². The molecule has 0 fully saturated rings. The Morgan fingerprint density at radius 1 is 1.27 bits per heavy atom. The third kappa shape index (κ3) is 3.80. The molecule has 1 aromatic carbocycles. The lowest BCUT2D eigenvalue weighted by Gasteiger charge is -2.26. The van der Waals surface area contributed by atoms with Crippen LogP contribution in [0.1, 0.15) is 30.3 Å². The molecule has 120 valence electrons. The molecule has 2 N–H and O–H groups in total. The molecular weight excluding hydrogens is 298 g/mol. The second kappa shape index (κ2) is 7.13. The summed E-state index contributed by atoms with van der Waals surface area (Å²) < 4.78 is 10.6. The zero-order chi connectivity index (χ0) is 16.2. The van der Waals surface area contributed by atoms with E-state index in [1.807, 2.05) is 42.6 Å². The van der Waals surface area contributed by atoms with E-state index in [0.717, 1.165) is 21.9 Å². The molecule has 0 aliphatic heterocycles. The van der Waals surface area contributed by atoms with Gasteiger partial charge in [-0.1, -0.05) is 12.1 Å². The minimum Gasteiger partial charge on any atom is -0.497 e. The molecular formula is C17H23NO3S. The van der Waals surface area contributed by atoms with E-state index in [4.69, 9.17) is 9.47 Å². The Bertz CT molecular complexity index is 596. The van der Waals surface area contributed by atoms with Crippen molar-refractivity contribution in [3.63, 3.8) is 0 Å². The van der Waals surface area contributed by atoms with Crippen molar-refractivity contribution in [2.45, 2.75) is 25.5 Å². The summed E-state index contributed by atoms with van der Waals surface area (Å²) in [4.78, 5) is 0.953. The van der Waals surface area contributed by atoms with Gasteiger partial charge in [-0.05, 0) is 31.4 Å². The molecule has 0 saturated carbocycles. The highest BCUT2D eigenvalue weighted by Crippen LogP contribution is 2.30. The van der Waals surface area contributed by atoms with Crippen molar-refractivity contribution in [2.24, 2.45) is 0 Å². The van der Waals surface area contributed by atoms with Crippen molar-refractivity contribution in [2.75, 3.05) is 20.8 Å². The van der Waals surface area contributed by atoms with Gasteiger partial charge in [0.25, 0.3) is 0 Å². The first-order chi connectivity index (χ1) is 10.5. The van der Waals surface area contributed by atoms with Crippen molar-refractivity contribution in [3.05, 3.63) is 46.2 Å². The largest absolute Gasteiger partial charge is 0.497 e. The first-order valence-corrected chi connectivity index (χ1v) is 8.07. The molecule has 0 bridgehead atoms. The van der Waals surface area contributed by atoms with Crippen LogP contribution in [0, 0.1) is 0 Å². The van der Waals surface area contributed by atoms with E-state index in [0.29, 0.717) is 6.54 Å². The van der Waals surface area contributed by atoms with Crippen LogP contribution in [0.2, 0.25) is 0 Å². The molecule has 2 rings (SSSR count). The van der Waals surface area contributed by atoms with Crippen molar-refractivity contribution in [1.82, 2.24) is 5.32 Å². The number of aliphatic hydroxyl groups is 1. The summed E-state index contributed by atoms with van der Waals surface area (Å²) in [6.45, 7) is 4.34. The van der Waals surface area contributed by atoms with E-state index >= 15 is 0 Å². The molecule has 0 aliphatic carbocycles. The smallest absolute Gasteiger partial charge is 0.127 e. The zero-order valence-electron chi connectivity index (χ0n) is 13.4. The summed E-state index contributed by atoms with van der Waals surface area (Å²) in [5, 5.41) is 15.9. The predicted octanol–water partition coefficient (Wildman–Crippen LogP) is 3.32. The Hall–Kier alpha value is -1.56. The average molecular weight is 321 g/mol. The lowest BCUT2D eigenvalue weighted by Crippen LogP contribution is -2.36. The van der Waals surface area contributed by atoms with Crippen molar-refractivity contribution >= 4 is 11.3 Å². The van der Waals surface area contributed by atoms with Crippen molar-refractivity contribution in [1.29, 1.82) is 0 Å². The molecule has 4 nitrogen and oxygen atoms in total. The molecule has 0 saturated heterocycles. The van der Waals surface area contributed by atoms with Crippen LogP contribution >= 0.6 is 11.3 Å². The van der Waals surface area contributed by atoms with Crippen LogP contribution in [0.25, 0.3) is 0 Å². The zero-order valence-corrected chi connectivity index (χ0v) is 14.2. The summed E-state index contributed by atoms with van der Waals surface area (Å²) in [6, 6.07) is 9.70. The Labute approximate surface area is 135 Å². The van der Waals surface area contributed by atoms with Crippen LogP contribution in [0.4, 0.5) is 0 Å². The molecule has 1 aromatic heterocycles. The lowest BCUT2D eigenvalue weighted by molar-refractivity contribution is 0.0580. The fourth-order valence-electron chi connectivity index (χ4n) is 2.31. The van der Waals surface area contributed by atoms with E-state index < -0.39 is 5.60 Å². The van der Waals surface area contributed by atoms with E-state index in [1.165, 1.54) is 0 Å². The Balaban J connectivity index is 2.08. The van der Waals surface area contributed by atoms with E-state index in [-0.39, 0.29) is 6.04 Å². The monoisotopic (exact) mass is 321 g/mol. The number of rotatable bonds is 7. The number of ether oxygens (including phenoxy) is 2. The quantitative estimate of drug-likeness (QED) is 0.821. The van der Waals surface area contributed by atoms with Gasteiger partial charge in [0.1, 0.15) is 17.1 Å². The van der Waals surface area contributed by atoms with Crippen LogP contribution in [-0.2, 0) is 5.60 Å². The first-order valence-electron chi connectivity index (χ1n) is 7.19. The maximum absolute atomic E-state index is 10.6. The second-order valence-electron chi connectivity index (χ2n) is 5.46. The molecule has 22 heavy (non-hydrogen) atoms. The second-order valence-corrected chi connectivity index (χ2v) is 6.41. The Morgan fingerprint density at radius 2 is 2.05 bits per heavy atom. The van der Waals surface area contributed by atoms with Gasteiger partial charge in [0.05, 0.1) is 14.2 Å². The molecule has 2 atom stereocenters. The Kier molecular flexibility index (Phi) is 5.45. The molecule has 0 unspecified atom stereocenters. The van der Waals surface area contributed by atoms with Gasteiger partial charge in [-0.15, -0.1) is 11.3 Å². The summed E-state index contributed by atoms with van der Waals surface area (Å²) in [5.41, 5.74) is 0.146. The molecule has 0 aliphatic rings. The number of nitrogens with one attached hydrogen (secondary N) is 1. The topological polar surface area (TPSA) is 50.7 Å². The van der Waals surface area contributed by atoms with Gasteiger partial charge < -0.3 is 19.9 Å². The van der Waals surface area contributed by atoms with Crippen LogP contribution in [0.15, 0.2) is 35.7 Å². The van der Waals surface area contributed by atoms with Gasteiger partial charge in [0, 0.05) is 29.1 Å². The van der Waals surface area contributed by atoms with Crippen LogP contribution in [0.5, 0.6) is 11.5 Å². The highest BCUT2D eigenvalue weighted by atomic mass is 32.1. The number of thiophene rings is 1. The average Bonchev–Trinajstić information content (AvgIpc) is 3.07. The highest BCUT2D eigenvalue weighted by molar-refractivity contribution is 7.10. The van der Waals surface area contributed by atoms with Gasteiger partial charge in [0.2, 0.25) is 0 Å². The van der Waals surface area contributed by atoms with Crippen LogP contribution in [0.3, 0.4) is 0 Å². The maximum Gasteiger partial charge on any atom is 0.127 e. The maximum atomic E-state index is 10.6. The highest BCUT2D eigenvalue weighted by Gasteiger charge is 2.25. The van der Waals surface area contributed by atoms with Gasteiger partial charge in [-0.25, -0.2) is 0 Å². The minimum atomic E-state index is -0.887. The van der Waals surface area contributed by atoms with E-state index in [1.54, 1.807) is 25.6 Å². The number of benzene rings is 1. The molecule has 0 spiro atoms. The molecule has 5 heteroatoms. The molecule has 1 heterocycles. The van der Waals surface area contributed by atoms with Gasteiger partial charge in [-0.2, -0.15) is 0 Å². The first kappa shape index (κ1) is 16.8. The SMILES string of the molecule is COc1ccc([C@H](C)NC[C@](C)(O)c2cccs2)c(OC)c1. The van der Waals surface area contributed by atoms with E-state index in [2.05, 4.69) is 12.2 Å². The number of hydrogen-bond acceptors (Lipinski definition) is 5. The molecule has 0 radical (unpaired) electrons. The minimum absolute atomic E-state index is 0.0484. The molecule has 0 amide bonds. The number of hydrogen-bond donors (Lipinski definition) is 2. The third-order valence-electron chi connectivity index (χ3n) is 3.71. The number of methoxy groups -OCH3 is 2. The fraction of sp³-hybridized carbons (Fsp3) is 0.412. The van der Waals surface area contributed by atoms with E-state index in [9.17, 15) is 5.11 Å². The lowest BCUT2D eigenvalue weighted by atomic mass is 10.0. The van der Waals surface area contributed by atoms with Gasteiger partial charge in [-0.3, -0.25) is 0 Å². The molecule has 2 aromatic rings. The Morgan fingerprint density at radius 3 is 2.64 bits per heavy atom. The standard InChI is InChI=1S/C17H23NO3S/c1-12(14-8-7-13(20-3)10-15(14)21-4)18-11-17(2,19)16-6-5-9-22-16/h5-10,12,18-19H,11H2,1-4H3/t12-,17-/m0/s1. The summed E-state index contributed by atoms with van der Waals surface area (Å²) in [7, 11) is 3.28. The fourth-order valence-corrected chi connectivity index (χ4v) is 3.10. The predicted molar refractivity (Wildman–Crippen MR) is 89.9 cm³/mol. The van der Waals surface area contributed by atoms with Crippen LogP contribution < -0.4 is 14.8 Å². The van der Waals surface area contributed by atoms with Crippen molar-refractivity contribution < 1.29 is 14.6 Å². The summed E-state index contributed by atoms with van der Waals surface area (Å²) >= 11 is 1.56. The van der Waals surface area contributed by atoms with Gasteiger partial charge >= 0.3 is 0 Å². The summed E-state index contributed by atoms with van der Waals surface area (Å²) in [5.74, 6) is 1.54. The normalized spacial score (nSPS) is 15.1. The third-order valence-corrected chi connectivity index (χ3v) is 4.83. The van der Waals surface area contributed by atoms with Crippen molar-refractivity contribution in [3.8, 4) is 11.5 Å². The van der Waals surface area contributed by atoms with Crippen LogP contribution in [-0.4, -0.2) is 25.9 Å².